The molecule has 1 saturated carbocycles. The van der Waals surface area contributed by atoms with E-state index in [1.165, 1.54) is 32.4 Å². The van der Waals surface area contributed by atoms with Crippen LogP contribution in [0.5, 0.6) is 0 Å². The van der Waals surface area contributed by atoms with Gasteiger partial charge in [-0.3, -0.25) is 14.5 Å². The Morgan fingerprint density at radius 1 is 1.31 bits per heavy atom. The van der Waals surface area contributed by atoms with Crippen molar-refractivity contribution >= 4 is 17.5 Å². The van der Waals surface area contributed by atoms with Gasteiger partial charge in [-0.1, -0.05) is 0 Å². The van der Waals surface area contributed by atoms with Gasteiger partial charge in [0.25, 0.3) is 5.91 Å². The fourth-order valence-electron chi connectivity index (χ4n) is 5.85. The predicted octanol–water partition coefficient (Wildman–Crippen LogP) is 0.515. The molecule has 6 rings (SSSR count). The maximum absolute atomic E-state index is 12.4. The van der Waals surface area contributed by atoms with E-state index >= 15 is 0 Å². The minimum atomic E-state index is -1.12. The van der Waals surface area contributed by atoms with Crippen LogP contribution in [0.25, 0.3) is 0 Å². The summed E-state index contributed by atoms with van der Waals surface area (Å²) in [4.78, 5) is 27.3. The molecule has 7 nitrogen and oxygen atoms in total. The second kappa shape index (κ2) is 5.44. The fraction of sp³-hybridized carbons (Fsp3) is 0.579. The highest BCUT2D eigenvalue weighted by atomic mass is 16.3. The summed E-state index contributed by atoms with van der Waals surface area (Å²) in [6.07, 6.45) is 2.60. The summed E-state index contributed by atoms with van der Waals surface area (Å²) < 4.78 is 0. The molecule has 0 radical (unpaired) electrons. The molecule has 3 saturated heterocycles. The molecular weight excluding hydrogens is 332 g/mol. The van der Waals surface area contributed by atoms with Gasteiger partial charge in [0, 0.05) is 36.4 Å². The largest absolute Gasteiger partial charge is 0.378 e. The van der Waals surface area contributed by atoms with Crippen LogP contribution >= 0.6 is 0 Å². The molecule has 3 atom stereocenters. The SMILES string of the molecule is NC(=O)CN1C(=O)c2ccc(NC34CC5CC(CN(C5)C3)C4)cc2C1O. The van der Waals surface area contributed by atoms with Crippen LogP contribution in [0.15, 0.2) is 18.2 Å². The third-order valence-corrected chi connectivity index (χ3v) is 6.44. The van der Waals surface area contributed by atoms with Gasteiger partial charge in [-0.2, -0.15) is 0 Å². The van der Waals surface area contributed by atoms with Gasteiger partial charge < -0.3 is 21.1 Å². The van der Waals surface area contributed by atoms with Gasteiger partial charge in [-0.05, 0) is 49.3 Å². The molecule has 4 heterocycles. The summed E-state index contributed by atoms with van der Waals surface area (Å²) >= 11 is 0. The van der Waals surface area contributed by atoms with Crippen molar-refractivity contribution in [2.75, 3.05) is 31.5 Å². The summed E-state index contributed by atoms with van der Waals surface area (Å²) in [5.74, 6) is 0.567. The number of nitrogens with zero attached hydrogens (tertiary/aromatic N) is 2. The molecule has 2 amide bonds. The molecule has 4 bridgehead atoms. The first-order valence-electron chi connectivity index (χ1n) is 9.34. The van der Waals surface area contributed by atoms with E-state index in [4.69, 9.17) is 5.73 Å². The molecule has 4 N–H and O–H groups in total. The highest BCUT2D eigenvalue weighted by Crippen LogP contribution is 2.47. The molecule has 1 aromatic carbocycles. The Labute approximate surface area is 152 Å². The maximum atomic E-state index is 12.4. The third-order valence-electron chi connectivity index (χ3n) is 6.44. The van der Waals surface area contributed by atoms with E-state index in [1.54, 1.807) is 6.07 Å². The molecule has 26 heavy (non-hydrogen) atoms. The summed E-state index contributed by atoms with van der Waals surface area (Å²) in [7, 11) is 0. The van der Waals surface area contributed by atoms with Crippen molar-refractivity contribution in [3.63, 3.8) is 0 Å². The van der Waals surface area contributed by atoms with Gasteiger partial charge in [0.15, 0.2) is 6.23 Å². The van der Waals surface area contributed by atoms with E-state index < -0.39 is 12.1 Å². The maximum Gasteiger partial charge on any atom is 0.257 e. The number of fused-ring (bicyclic) bond motifs is 1. The molecular formula is C19H24N4O3. The van der Waals surface area contributed by atoms with Crippen LogP contribution in [-0.2, 0) is 4.79 Å². The van der Waals surface area contributed by atoms with Crippen LogP contribution in [0.3, 0.4) is 0 Å². The number of rotatable bonds is 4. The number of anilines is 1. The van der Waals surface area contributed by atoms with Gasteiger partial charge in [-0.15, -0.1) is 0 Å². The molecule has 0 spiro atoms. The van der Waals surface area contributed by atoms with E-state index in [1.807, 2.05) is 12.1 Å². The molecule has 7 heteroatoms. The average molecular weight is 356 g/mol. The van der Waals surface area contributed by atoms with Crippen molar-refractivity contribution in [3.8, 4) is 0 Å². The van der Waals surface area contributed by atoms with E-state index in [-0.39, 0.29) is 18.0 Å². The van der Waals surface area contributed by atoms with Crippen molar-refractivity contribution in [1.82, 2.24) is 9.80 Å². The number of aliphatic hydroxyl groups excluding tert-OH is 1. The number of primary amides is 1. The van der Waals surface area contributed by atoms with Crippen molar-refractivity contribution in [2.24, 2.45) is 17.6 Å². The molecule has 138 valence electrons. The molecule has 4 fully saturated rings. The van der Waals surface area contributed by atoms with Crippen LogP contribution in [0.1, 0.15) is 41.4 Å². The summed E-state index contributed by atoms with van der Waals surface area (Å²) in [6.45, 7) is 3.23. The number of carbonyl (C=O) groups excluding carboxylic acids is 2. The summed E-state index contributed by atoms with van der Waals surface area (Å²) in [5, 5.41) is 14.2. The normalized spacial score (nSPS) is 37.1. The molecule has 5 aliphatic rings. The van der Waals surface area contributed by atoms with E-state index in [2.05, 4.69) is 10.2 Å². The van der Waals surface area contributed by atoms with Crippen LogP contribution in [0.4, 0.5) is 5.69 Å². The minimum absolute atomic E-state index is 0.0960. The Morgan fingerprint density at radius 3 is 2.69 bits per heavy atom. The number of nitrogens with two attached hydrogens (primary N) is 1. The first-order valence-corrected chi connectivity index (χ1v) is 9.34. The van der Waals surface area contributed by atoms with Gasteiger partial charge in [0.1, 0.15) is 6.54 Å². The lowest BCUT2D eigenvalue weighted by molar-refractivity contribution is -0.120. The van der Waals surface area contributed by atoms with Crippen molar-refractivity contribution in [3.05, 3.63) is 29.3 Å². The standard InChI is InChI=1S/C19H24N4O3/c20-16(24)9-23-17(25)14-2-1-13(4-15(14)18(23)26)21-19-5-11-3-12(6-19)8-22(7-11)10-19/h1-2,4,11-12,18,21,26H,3,5-10H2,(H2,20,24). The quantitative estimate of drug-likeness (QED) is 0.730. The number of benzene rings is 1. The van der Waals surface area contributed by atoms with E-state index in [0.29, 0.717) is 11.1 Å². The van der Waals surface area contributed by atoms with Gasteiger partial charge >= 0.3 is 0 Å². The lowest BCUT2D eigenvalue weighted by Gasteiger charge is -2.58. The van der Waals surface area contributed by atoms with Gasteiger partial charge in [-0.25, -0.2) is 0 Å². The van der Waals surface area contributed by atoms with E-state index in [9.17, 15) is 14.7 Å². The topological polar surface area (TPSA) is 98.9 Å². The number of aliphatic hydroxyl groups is 1. The second-order valence-electron chi connectivity index (χ2n) is 8.55. The number of nitrogens with one attached hydrogen (secondary N) is 1. The van der Waals surface area contributed by atoms with Crippen molar-refractivity contribution in [1.29, 1.82) is 0 Å². The van der Waals surface area contributed by atoms with Gasteiger partial charge in [0.05, 0.1) is 5.54 Å². The smallest absolute Gasteiger partial charge is 0.257 e. The zero-order chi connectivity index (χ0) is 18.1. The van der Waals surface area contributed by atoms with Crippen LogP contribution in [0, 0.1) is 11.8 Å². The Balaban J connectivity index is 1.41. The Hall–Kier alpha value is -2.12. The Kier molecular flexibility index (Phi) is 3.36. The van der Waals surface area contributed by atoms with E-state index in [0.717, 1.165) is 29.0 Å². The summed E-state index contributed by atoms with van der Waals surface area (Å²) in [6, 6.07) is 5.50. The zero-order valence-electron chi connectivity index (χ0n) is 14.6. The Bertz CT molecular complexity index is 758. The second-order valence-corrected chi connectivity index (χ2v) is 8.55. The fourth-order valence-corrected chi connectivity index (χ4v) is 5.85. The summed E-state index contributed by atoms with van der Waals surface area (Å²) in [5.41, 5.74) is 7.21. The molecule has 0 aromatic heterocycles. The lowest BCUT2D eigenvalue weighted by Crippen LogP contribution is -2.65. The highest BCUT2D eigenvalue weighted by molar-refractivity contribution is 6.01. The molecule has 1 aromatic rings. The lowest BCUT2D eigenvalue weighted by atomic mass is 9.64. The molecule has 4 aliphatic heterocycles. The average Bonchev–Trinajstić information content (AvgIpc) is 2.77. The van der Waals surface area contributed by atoms with Crippen LogP contribution in [-0.4, -0.2) is 58.4 Å². The Morgan fingerprint density at radius 2 is 2.04 bits per heavy atom. The number of hydrogen-bond acceptors (Lipinski definition) is 5. The number of hydrogen-bond donors (Lipinski definition) is 3. The van der Waals surface area contributed by atoms with Gasteiger partial charge in [0.2, 0.25) is 5.91 Å². The molecule has 1 aliphatic carbocycles. The monoisotopic (exact) mass is 356 g/mol. The predicted molar refractivity (Wildman–Crippen MR) is 95.3 cm³/mol. The zero-order valence-corrected chi connectivity index (χ0v) is 14.6. The van der Waals surface area contributed by atoms with Crippen molar-refractivity contribution in [2.45, 2.75) is 31.0 Å². The number of carbonyl (C=O) groups is 2. The third kappa shape index (κ3) is 2.41. The highest BCUT2D eigenvalue weighted by Gasteiger charge is 2.50. The minimum Gasteiger partial charge on any atom is -0.378 e. The van der Waals surface area contributed by atoms with Crippen LogP contribution in [0.2, 0.25) is 0 Å². The number of amides is 2. The first kappa shape index (κ1) is 16.1. The van der Waals surface area contributed by atoms with Crippen molar-refractivity contribution < 1.29 is 14.7 Å². The number of piperidine rings is 3. The molecule has 3 unspecified atom stereocenters. The first-order chi connectivity index (χ1) is 12.4. The van der Waals surface area contributed by atoms with Crippen LogP contribution < -0.4 is 11.1 Å².